The van der Waals surface area contributed by atoms with Crippen molar-refractivity contribution >= 4 is 5.91 Å². The summed E-state index contributed by atoms with van der Waals surface area (Å²) in [4.78, 5) is 15.0. The summed E-state index contributed by atoms with van der Waals surface area (Å²) in [6.07, 6.45) is 1.29. The molecule has 0 saturated carbocycles. The molecular weight excluding hydrogens is 438 g/mol. The van der Waals surface area contributed by atoms with E-state index in [-0.39, 0.29) is 30.6 Å². The molecule has 1 heterocycles. The molecule has 0 aliphatic carbocycles. The maximum atomic E-state index is 13.2. The summed E-state index contributed by atoms with van der Waals surface area (Å²) in [7, 11) is 0. The lowest BCUT2D eigenvalue weighted by Crippen LogP contribution is -2.60. The number of ether oxygens (including phenoxy) is 3. The van der Waals surface area contributed by atoms with E-state index in [1.807, 2.05) is 95.9 Å². The van der Waals surface area contributed by atoms with Crippen LogP contribution in [0.2, 0.25) is 0 Å². The topological polar surface area (TPSA) is 48.0 Å². The highest BCUT2D eigenvalue weighted by Crippen LogP contribution is 2.27. The van der Waals surface area contributed by atoms with E-state index in [2.05, 4.69) is 6.58 Å². The molecule has 1 aliphatic heterocycles. The van der Waals surface area contributed by atoms with Crippen molar-refractivity contribution in [1.29, 1.82) is 0 Å². The Morgan fingerprint density at radius 1 is 0.771 bits per heavy atom. The lowest BCUT2D eigenvalue weighted by Gasteiger charge is -2.44. The number of rotatable bonds is 12. The van der Waals surface area contributed by atoms with Crippen LogP contribution in [0.4, 0.5) is 0 Å². The third kappa shape index (κ3) is 7.12. The van der Waals surface area contributed by atoms with Crippen molar-refractivity contribution in [2.24, 2.45) is 0 Å². The second-order valence-corrected chi connectivity index (χ2v) is 8.70. The van der Waals surface area contributed by atoms with Gasteiger partial charge in [0, 0.05) is 6.54 Å². The van der Waals surface area contributed by atoms with Crippen LogP contribution >= 0.6 is 0 Å². The molecular formula is C30H33NO4. The summed E-state index contributed by atoms with van der Waals surface area (Å²) in [5, 5.41) is 0. The van der Waals surface area contributed by atoms with Gasteiger partial charge in [0.25, 0.3) is 0 Å². The third-order valence-corrected chi connectivity index (χ3v) is 6.16. The molecule has 3 unspecified atom stereocenters. The van der Waals surface area contributed by atoms with Gasteiger partial charge >= 0.3 is 0 Å². The van der Waals surface area contributed by atoms with E-state index in [4.69, 9.17) is 14.2 Å². The second kappa shape index (κ2) is 13.0. The van der Waals surface area contributed by atoms with Gasteiger partial charge in [-0.2, -0.15) is 0 Å². The van der Waals surface area contributed by atoms with Gasteiger partial charge in [0.2, 0.25) is 5.91 Å². The van der Waals surface area contributed by atoms with E-state index in [1.54, 1.807) is 6.08 Å². The van der Waals surface area contributed by atoms with Crippen molar-refractivity contribution in [2.45, 2.75) is 44.5 Å². The highest BCUT2D eigenvalue weighted by molar-refractivity contribution is 5.78. The Morgan fingerprint density at radius 3 is 1.83 bits per heavy atom. The van der Waals surface area contributed by atoms with Gasteiger partial charge in [-0.15, -0.1) is 6.58 Å². The molecule has 0 bridgehead atoms. The minimum absolute atomic E-state index is 0.0239. The minimum Gasteiger partial charge on any atom is -0.375 e. The monoisotopic (exact) mass is 471 g/mol. The van der Waals surface area contributed by atoms with Crippen molar-refractivity contribution in [3.05, 3.63) is 120 Å². The maximum absolute atomic E-state index is 13.2. The molecule has 182 valence electrons. The van der Waals surface area contributed by atoms with Crippen molar-refractivity contribution in [1.82, 2.24) is 4.90 Å². The predicted molar refractivity (Wildman–Crippen MR) is 136 cm³/mol. The molecule has 5 nitrogen and oxygen atoms in total. The van der Waals surface area contributed by atoms with Gasteiger partial charge in [0.05, 0.1) is 45.0 Å². The number of hydrogen-bond donors (Lipinski definition) is 0. The minimum atomic E-state index is -0.377. The average Bonchev–Trinajstić information content (AvgIpc) is 2.90. The largest absolute Gasteiger partial charge is 0.375 e. The summed E-state index contributed by atoms with van der Waals surface area (Å²) in [6, 6.07) is 29.8. The average molecular weight is 472 g/mol. The van der Waals surface area contributed by atoms with Gasteiger partial charge in [-0.05, 0) is 16.7 Å². The van der Waals surface area contributed by atoms with E-state index in [9.17, 15) is 4.79 Å². The molecule has 1 saturated heterocycles. The molecule has 0 aromatic heterocycles. The fraction of sp³-hybridized carbons (Fsp3) is 0.300. The summed E-state index contributed by atoms with van der Waals surface area (Å²) < 4.78 is 18.9. The van der Waals surface area contributed by atoms with Crippen molar-refractivity contribution in [3.8, 4) is 0 Å². The molecule has 3 aromatic rings. The zero-order chi connectivity index (χ0) is 24.3. The van der Waals surface area contributed by atoms with Gasteiger partial charge in [-0.25, -0.2) is 0 Å². The standard InChI is InChI=1S/C30H33NO4/c1-2-18-31-27(23-33-20-24-12-6-3-7-13-24)30(35-22-26-16-10-5-11-17-26)28(19-29(31)32)34-21-25-14-8-4-9-15-25/h2-17,27-28,30H,1,18-23H2. The van der Waals surface area contributed by atoms with Crippen LogP contribution in [-0.2, 0) is 38.8 Å². The Bertz CT molecular complexity index is 1040. The highest BCUT2D eigenvalue weighted by Gasteiger charge is 2.43. The number of benzene rings is 3. The van der Waals surface area contributed by atoms with Crippen LogP contribution in [0.1, 0.15) is 23.1 Å². The number of nitrogens with zero attached hydrogens (tertiary/aromatic N) is 1. The Balaban J connectivity index is 1.52. The van der Waals surface area contributed by atoms with Crippen molar-refractivity contribution in [3.63, 3.8) is 0 Å². The smallest absolute Gasteiger partial charge is 0.225 e. The Labute approximate surface area is 207 Å². The second-order valence-electron chi connectivity index (χ2n) is 8.70. The van der Waals surface area contributed by atoms with E-state index >= 15 is 0 Å². The van der Waals surface area contributed by atoms with Crippen LogP contribution in [0.5, 0.6) is 0 Å². The fourth-order valence-corrected chi connectivity index (χ4v) is 4.36. The molecule has 1 fully saturated rings. The van der Waals surface area contributed by atoms with E-state index < -0.39 is 0 Å². The number of carbonyl (C=O) groups is 1. The molecule has 0 N–H and O–H groups in total. The zero-order valence-corrected chi connectivity index (χ0v) is 20.0. The molecule has 5 heteroatoms. The first-order valence-electron chi connectivity index (χ1n) is 12.1. The Hall–Kier alpha value is -3.25. The Morgan fingerprint density at radius 2 is 1.29 bits per heavy atom. The van der Waals surface area contributed by atoms with Crippen LogP contribution in [0, 0.1) is 0 Å². The lowest BCUT2D eigenvalue weighted by atomic mass is 9.95. The van der Waals surface area contributed by atoms with Crippen LogP contribution in [0.3, 0.4) is 0 Å². The van der Waals surface area contributed by atoms with Gasteiger partial charge in [-0.3, -0.25) is 4.79 Å². The molecule has 35 heavy (non-hydrogen) atoms. The van der Waals surface area contributed by atoms with Crippen LogP contribution in [0.25, 0.3) is 0 Å². The number of hydrogen-bond acceptors (Lipinski definition) is 4. The molecule has 0 spiro atoms. The van der Waals surface area contributed by atoms with Gasteiger partial charge in [0.15, 0.2) is 0 Å². The summed E-state index contributed by atoms with van der Waals surface area (Å²) in [6.45, 7) is 5.96. The van der Waals surface area contributed by atoms with E-state index in [0.717, 1.165) is 16.7 Å². The number of amides is 1. The predicted octanol–water partition coefficient (Wildman–Crippen LogP) is 5.16. The fourth-order valence-electron chi connectivity index (χ4n) is 4.36. The van der Waals surface area contributed by atoms with Gasteiger partial charge < -0.3 is 19.1 Å². The summed E-state index contributed by atoms with van der Waals surface area (Å²) in [5.74, 6) is 0.0239. The van der Waals surface area contributed by atoms with Crippen LogP contribution in [-0.4, -0.2) is 42.2 Å². The summed E-state index contributed by atoms with van der Waals surface area (Å²) >= 11 is 0. The molecule has 4 rings (SSSR count). The first-order valence-corrected chi connectivity index (χ1v) is 12.1. The van der Waals surface area contributed by atoms with E-state index in [0.29, 0.717) is 33.0 Å². The lowest BCUT2D eigenvalue weighted by molar-refractivity contribution is -0.175. The van der Waals surface area contributed by atoms with Gasteiger partial charge in [0.1, 0.15) is 6.10 Å². The van der Waals surface area contributed by atoms with Crippen LogP contribution < -0.4 is 0 Å². The zero-order valence-electron chi connectivity index (χ0n) is 20.0. The first kappa shape index (κ1) is 24.9. The quantitative estimate of drug-likeness (QED) is 0.342. The van der Waals surface area contributed by atoms with Crippen molar-refractivity contribution < 1.29 is 19.0 Å². The molecule has 0 radical (unpaired) electrons. The number of piperidine rings is 1. The van der Waals surface area contributed by atoms with Gasteiger partial charge in [-0.1, -0.05) is 97.1 Å². The SMILES string of the molecule is C=CCN1C(=O)CC(OCc2ccccc2)C(OCc2ccccc2)C1COCc1ccccc1. The number of likely N-dealkylation sites (tertiary alicyclic amines) is 1. The van der Waals surface area contributed by atoms with E-state index in [1.165, 1.54) is 0 Å². The third-order valence-electron chi connectivity index (χ3n) is 6.16. The molecule has 3 atom stereocenters. The molecule has 1 aliphatic rings. The number of carbonyl (C=O) groups excluding carboxylic acids is 1. The summed E-state index contributed by atoms with van der Waals surface area (Å²) in [5.41, 5.74) is 3.22. The van der Waals surface area contributed by atoms with Crippen molar-refractivity contribution in [2.75, 3.05) is 13.2 Å². The maximum Gasteiger partial charge on any atom is 0.225 e. The molecule has 1 amide bonds. The first-order chi connectivity index (χ1) is 17.2. The normalized spacial score (nSPS) is 20.1. The molecule has 3 aromatic carbocycles. The highest BCUT2D eigenvalue weighted by atomic mass is 16.5. The Kier molecular flexibility index (Phi) is 9.24. The van der Waals surface area contributed by atoms with Crippen LogP contribution in [0.15, 0.2) is 104 Å².